The van der Waals surface area contributed by atoms with Crippen molar-refractivity contribution in [1.82, 2.24) is 15.5 Å². The van der Waals surface area contributed by atoms with Crippen LogP contribution in [0.15, 0.2) is 0 Å². The first-order valence-electron chi connectivity index (χ1n) is 7.03. The van der Waals surface area contributed by atoms with Crippen LogP contribution in [0, 0.1) is 5.92 Å². The van der Waals surface area contributed by atoms with E-state index < -0.39 is 5.97 Å². The Morgan fingerprint density at radius 2 is 1.89 bits per heavy atom. The van der Waals surface area contributed by atoms with Gasteiger partial charge >= 0.3 is 12.0 Å². The molecule has 2 aliphatic rings. The number of likely N-dealkylation sites (tertiary alicyclic amines) is 1. The van der Waals surface area contributed by atoms with Gasteiger partial charge in [0.1, 0.15) is 0 Å². The Kier molecular flexibility index (Phi) is 4.63. The third-order valence-corrected chi connectivity index (χ3v) is 4.08. The SMILES string of the molecule is CN1CCCC(NC(=O)N[C@H]2CC[C@@H](C(=O)O)C2)C1. The second-order valence-corrected chi connectivity index (χ2v) is 5.76. The molecule has 0 spiro atoms. The fourth-order valence-electron chi connectivity index (χ4n) is 3.03. The number of amides is 2. The molecular weight excluding hydrogens is 246 g/mol. The Labute approximate surface area is 113 Å². The number of carbonyl (C=O) groups is 2. The van der Waals surface area contributed by atoms with Crippen LogP contribution in [-0.4, -0.2) is 54.2 Å². The average Bonchev–Trinajstić information content (AvgIpc) is 2.77. The molecule has 0 aromatic carbocycles. The number of carboxylic acids is 1. The molecule has 1 saturated carbocycles. The number of hydrogen-bond donors (Lipinski definition) is 3. The van der Waals surface area contributed by atoms with Gasteiger partial charge in [0.25, 0.3) is 0 Å². The summed E-state index contributed by atoms with van der Waals surface area (Å²) in [6.45, 7) is 1.97. The van der Waals surface area contributed by atoms with E-state index in [4.69, 9.17) is 5.11 Å². The monoisotopic (exact) mass is 269 g/mol. The van der Waals surface area contributed by atoms with Gasteiger partial charge in [0.15, 0.2) is 0 Å². The summed E-state index contributed by atoms with van der Waals surface area (Å²) in [5.41, 5.74) is 0. The van der Waals surface area contributed by atoms with Crippen molar-refractivity contribution in [3.05, 3.63) is 0 Å². The molecule has 6 heteroatoms. The van der Waals surface area contributed by atoms with E-state index in [9.17, 15) is 9.59 Å². The summed E-state index contributed by atoms with van der Waals surface area (Å²) in [4.78, 5) is 24.9. The van der Waals surface area contributed by atoms with Gasteiger partial charge in [-0.2, -0.15) is 0 Å². The molecule has 1 aliphatic heterocycles. The Bertz CT molecular complexity index is 348. The first-order valence-corrected chi connectivity index (χ1v) is 7.03. The first-order chi connectivity index (χ1) is 9.04. The largest absolute Gasteiger partial charge is 0.481 e. The fourth-order valence-corrected chi connectivity index (χ4v) is 3.03. The summed E-state index contributed by atoms with van der Waals surface area (Å²) in [6.07, 6.45) is 4.08. The van der Waals surface area contributed by atoms with Crippen molar-refractivity contribution in [2.24, 2.45) is 5.92 Å². The molecule has 108 valence electrons. The Balaban J connectivity index is 1.71. The Morgan fingerprint density at radius 1 is 1.16 bits per heavy atom. The van der Waals surface area contributed by atoms with E-state index in [1.54, 1.807) is 0 Å². The van der Waals surface area contributed by atoms with Gasteiger partial charge in [-0.25, -0.2) is 4.79 Å². The zero-order valence-electron chi connectivity index (χ0n) is 11.4. The molecule has 1 aliphatic carbocycles. The topological polar surface area (TPSA) is 81.7 Å². The highest BCUT2D eigenvalue weighted by Gasteiger charge is 2.31. The number of hydrogen-bond acceptors (Lipinski definition) is 3. The Morgan fingerprint density at radius 3 is 2.53 bits per heavy atom. The zero-order valence-corrected chi connectivity index (χ0v) is 11.4. The number of carboxylic acid groups (broad SMARTS) is 1. The van der Waals surface area contributed by atoms with Crippen LogP contribution < -0.4 is 10.6 Å². The number of likely N-dealkylation sites (N-methyl/N-ethyl adjacent to an activating group) is 1. The fraction of sp³-hybridized carbons (Fsp3) is 0.846. The van der Waals surface area contributed by atoms with E-state index in [-0.39, 0.29) is 24.0 Å². The van der Waals surface area contributed by atoms with E-state index in [2.05, 4.69) is 22.6 Å². The van der Waals surface area contributed by atoms with Crippen molar-refractivity contribution in [3.8, 4) is 0 Å². The van der Waals surface area contributed by atoms with E-state index >= 15 is 0 Å². The summed E-state index contributed by atoms with van der Waals surface area (Å²) in [5.74, 6) is -1.05. The van der Waals surface area contributed by atoms with Crippen molar-refractivity contribution in [2.45, 2.75) is 44.2 Å². The smallest absolute Gasteiger partial charge is 0.315 e. The molecule has 0 radical (unpaired) electrons. The Hall–Kier alpha value is -1.30. The predicted octanol–water partition coefficient (Wildman–Crippen LogP) is 0.633. The van der Waals surface area contributed by atoms with Gasteiger partial charge in [-0.15, -0.1) is 0 Å². The van der Waals surface area contributed by atoms with Crippen molar-refractivity contribution < 1.29 is 14.7 Å². The minimum atomic E-state index is -0.751. The van der Waals surface area contributed by atoms with Gasteiger partial charge in [0.2, 0.25) is 0 Å². The number of piperidine rings is 1. The van der Waals surface area contributed by atoms with E-state index in [0.717, 1.165) is 32.4 Å². The lowest BCUT2D eigenvalue weighted by Crippen LogP contribution is -2.51. The van der Waals surface area contributed by atoms with Crippen LogP contribution in [0.2, 0.25) is 0 Å². The molecule has 3 atom stereocenters. The maximum absolute atomic E-state index is 11.9. The van der Waals surface area contributed by atoms with Crippen LogP contribution in [0.4, 0.5) is 4.79 Å². The van der Waals surface area contributed by atoms with E-state index in [0.29, 0.717) is 12.8 Å². The highest BCUT2D eigenvalue weighted by molar-refractivity contribution is 5.75. The lowest BCUT2D eigenvalue weighted by Gasteiger charge is -2.30. The number of carbonyl (C=O) groups excluding carboxylic acids is 1. The van der Waals surface area contributed by atoms with Crippen LogP contribution in [0.25, 0.3) is 0 Å². The number of rotatable bonds is 3. The van der Waals surface area contributed by atoms with Gasteiger partial charge in [-0.3, -0.25) is 4.79 Å². The lowest BCUT2D eigenvalue weighted by atomic mass is 10.1. The van der Waals surface area contributed by atoms with Crippen LogP contribution >= 0.6 is 0 Å². The summed E-state index contributed by atoms with van der Waals surface area (Å²) in [7, 11) is 2.06. The summed E-state index contributed by atoms with van der Waals surface area (Å²) in [6, 6.07) is 0.0502. The third kappa shape index (κ3) is 4.09. The summed E-state index contributed by atoms with van der Waals surface area (Å²) >= 11 is 0. The molecule has 3 N–H and O–H groups in total. The second kappa shape index (κ2) is 6.23. The number of urea groups is 1. The minimum absolute atomic E-state index is 0.00224. The molecule has 0 aromatic rings. The molecule has 2 amide bonds. The number of nitrogens with zero attached hydrogens (tertiary/aromatic N) is 1. The molecule has 2 fully saturated rings. The van der Waals surface area contributed by atoms with E-state index in [1.165, 1.54) is 0 Å². The van der Waals surface area contributed by atoms with Gasteiger partial charge in [0.05, 0.1) is 5.92 Å². The highest BCUT2D eigenvalue weighted by atomic mass is 16.4. The average molecular weight is 269 g/mol. The molecule has 0 aromatic heterocycles. The minimum Gasteiger partial charge on any atom is -0.481 e. The van der Waals surface area contributed by atoms with E-state index in [1.807, 2.05) is 0 Å². The van der Waals surface area contributed by atoms with Crippen LogP contribution in [0.5, 0.6) is 0 Å². The maximum atomic E-state index is 11.9. The zero-order chi connectivity index (χ0) is 13.8. The number of aliphatic carboxylic acids is 1. The van der Waals surface area contributed by atoms with Gasteiger partial charge < -0.3 is 20.6 Å². The van der Waals surface area contributed by atoms with Crippen molar-refractivity contribution in [2.75, 3.05) is 20.1 Å². The molecule has 1 unspecified atom stereocenters. The molecule has 2 rings (SSSR count). The molecule has 1 saturated heterocycles. The maximum Gasteiger partial charge on any atom is 0.315 e. The molecule has 1 heterocycles. The second-order valence-electron chi connectivity index (χ2n) is 5.76. The van der Waals surface area contributed by atoms with Crippen LogP contribution in [0.3, 0.4) is 0 Å². The standard InChI is InChI=1S/C13H23N3O3/c1-16-6-2-3-11(8-16)15-13(19)14-10-5-4-9(7-10)12(17)18/h9-11H,2-8H2,1H3,(H,17,18)(H2,14,15,19)/t9-,10+,11?/m1/s1. The van der Waals surface area contributed by atoms with Crippen molar-refractivity contribution in [1.29, 1.82) is 0 Å². The normalized spacial score (nSPS) is 31.9. The number of nitrogens with one attached hydrogen (secondary N) is 2. The lowest BCUT2D eigenvalue weighted by molar-refractivity contribution is -0.141. The molecule has 19 heavy (non-hydrogen) atoms. The van der Waals surface area contributed by atoms with Crippen molar-refractivity contribution >= 4 is 12.0 Å². The van der Waals surface area contributed by atoms with Gasteiger partial charge in [-0.1, -0.05) is 0 Å². The molecule has 6 nitrogen and oxygen atoms in total. The van der Waals surface area contributed by atoms with Gasteiger partial charge in [-0.05, 0) is 45.7 Å². The highest BCUT2D eigenvalue weighted by Crippen LogP contribution is 2.25. The quantitative estimate of drug-likeness (QED) is 0.702. The van der Waals surface area contributed by atoms with Crippen molar-refractivity contribution in [3.63, 3.8) is 0 Å². The van der Waals surface area contributed by atoms with Crippen LogP contribution in [0.1, 0.15) is 32.1 Å². The molecule has 0 bridgehead atoms. The molecular formula is C13H23N3O3. The third-order valence-electron chi connectivity index (χ3n) is 4.08. The predicted molar refractivity (Wildman–Crippen MR) is 71.0 cm³/mol. The summed E-state index contributed by atoms with van der Waals surface area (Å²) in [5, 5.41) is 14.8. The van der Waals surface area contributed by atoms with Gasteiger partial charge in [0, 0.05) is 18.6 Å². The summed E-state index contributed by atoms with van der Waals surface area (Å²) < 4.78 is 0. The van der Waals surface area contributed by atoms with Crippen LogP contribution in [-0.2, 0) is 4.79 Å². The first kappa shape index (κ1) is 14.1.